The van der Waals surface area contributed by atoms with Gasteiger partial charge in [-0.1, -0.05) is 0 Å². The molecule has 0 aliphatic carbocycles. The molecule has 0 radical (unpaired) electrons. The molecule has 1 unspecified atom stereocenters. The van der Waals surface area contributed by atoms with Gasteiger partial charge in [-0.3, -0.25) is 0 Å². The van der Waals surface area contributed by atoms with Gasteiger partial charge in [0.25, 0.3) is 0 Å². The first kappa shape index (κ1) is 13.1. The summed E-state index contributed by atoms with van der Waals surface area (Å²) in [5.74, 6) is 0.498. The number of aryl methyl sites for hydroxylation is 2. The van der Waals surface area contributed by atoms with Gasteiger partial charge in [0.15, 0.2) is 0 Å². The quantitative estimate of drug-likeness (QED) is 0.879. The predicted octanol–water partition coefficient (Wildman–Crippen LogP) is 2.56. The van der Waals surface area contributed by atoms with E-state index >= 15 is 0 Å². The first-order valence-corrected chi connectivity index (χ1v) is 5.87. The Balaban J connectivity index is 2.27. The lowest BCUT2D eigenvalue weighted by Crippen LogP contribution is -2.13. The SMILES string of the molecule is Cc1ccc(C(=O)O)c(NC(C)c2ncc(C)o2)n1. The molecule has 2 N–H and O–H groups in total. The van der Waals surface area contributed by atoms with Crippen LogP contribution in [0.5, 0.6) is 0 Å². The van der Waals surface area contributed by atoms with Crippen molar-refractivity contribution >= 4 is 11.8 Å². The number of anilines is 1. The average molecular weight is 261 g/mol. The zero-order valence-electron chi connectivity index (χ0n) is 11.0. The van der Waals surface area contributed by atoms with Crippen molar-refractivity contribution in [3.63, 3.8) is 0 Å². The van der Waals surface area contributed by atoms with Crippen LogP contribution in [-0.2, 0) is 0 Å². The molecule has 0 aliphatic rings. The van der Waals surface area contributed by atoms with E-state index < -0.39 is 5.97 Å². The summed E-state index contributed by atoms with van der Waals surface area (Å²) in [6.45, 7) is 5.44. The van der Waals surface area contributed by atoms with Crippen LogP contribution in [0.3, 0.4) is 0 Å². The Bertz CT molecular complexity index is 607. The van der Waals surface area contributed by atoms with Gasteiger partial charge < -0.3 is 14.8 Å². The van der Waals surface area contributed by atoms with Crippen LogP contribution in [0.25, 0.3) is 0 Å². The average Bonchev–Trinajstić information content (AvgIpc) is 2.75. The van der Waals surface area contributed by atoms with Crippen LogP contribution >= 0.6 is 0 Å². The van der Waals surface area contributed by atoms with E-state index in [1.54, 1.807) is 26.1 Å². The third-order valence-electron chi connectivity index (χ3n) is 2.63. The molecule has 100 valence electrons. The van der Waals surface area contributed by atoms with Crippen molar-refractivity contribution in [3.05, 3.63) is 41.2 Å². The fourth-order valence-electron chi connectivity index (χ4n) is 1.68. The summed E-state index contributed by atoms with van der Waals surface area (Å²) in [5, 5.41) is 12.1. The van der Waals surface area contributed by atoms with E-state index in [0.29, 0.717) is 17.5 Å². The molecule has 0 spiro atoms. The topological polar surface area (TPSA) is 88.2 Å². The van der Waals surface area contributed by atoms with Gasteiger partial charge in [0, 0.05) is 5.69 Å². The third kappa shape index (κ3) is 2.90. The number of carboxylic acid groups (broad SMARTS) is 1. The summed E-state index contributed by atoms with van der Waals surface area (Å²) in [6.07, 6.45) is 1.62. The number of hydrogen-bond acceptors (Lipinski definition) is 5. The van der Waals surface area contributed by atoms with E-state index in [1.807, 2.05) is 6.92 Å². The van der Waals surface area contributed by atoms with E-state index in [2.05, 4.69) is 15.3 Å². The Morgan fingerprint density at radius 2 is 2.16 bits per heavy atom. The van der Waals surface area contributed by atoms with Gasteiger partial charge in [-0.05, 0) is 32.9 Å². The summed E-state index contributed by atoms with van der Waals surface area (Å²) in [5.41, 5.74) is 0.865. The predicted molar refractivity (Wildman–Crippen MR) is 69.2 cm³/mol. The van der Waals surface area contributed by atoms with Crippen molar-refractivity contribution in [2.45, 2.75) is 26.8 Å². The summed E-state index contributed by atoms with van der Waals surface area (Å²) in [4.78, 5) is 19.4. The van der Waals surface area contributed by atoms with Crippen LogP contribution in [0.15, 0.2) is 22.7 Å². The van der Waals surface area contributed by atoms with Crippen LogP contribution in [0.1, 0.15) is 40.7 Å². The number of pyridine rings is 1. The maximum atomic E-state index is 11.1. The van der Waals surface area contributed by atoms with Gasteiger partial charge in [0.05, 0.1) is 6.20 Å². The smallest absolute Gasteiger partial charge is 0.339 e. The van der Waals surface area contributed by atoms with Crippen LogP contribution < -0.4 is 5.32 Å². The second-order valence-corrected chi connectivity index (χ2v) is 4.33. The van der Waals surface area contributed by atoms with Crippen molar-refractivity contribution in [1.29, 1.82) is 0 Å². The van der Waals surface area contributed by atoms with Crippen molar-refractivity contribution in [3.8, 4) is 0 Å². The largest absolute Gasteiger partial charge is 0.478 e. The lowest BCUT2D eigenvalue weighted by Gasteiger charge is -2.13. The number of carbonyl (C=O) groups is 1. The first-order chi connectivity index (χ1) is 8.97. The Morgan fingerprint density at radius 3 is 2.74 bits per heavy atom. The van der Waals surface area contributed by atoms with Crippen molar-refractivity contribution < 1.29 is 14.3 Å². The number of rotatable bonds is 4. The fourth-order valence-corrected chi connectivity index (χ4v) is 1.68. The highest BCUT2D eigenvalue weighted by Crippen LogP contribution is 2.21. The first-order valence-electron chi connectivity index (χ1n) is 5.87. The van der Waals surface area contributed by atoms with Gasteiger partial charge in [-0.2, -0.15) is 0 Å². The number of aromatic nitrogens is 2. The number of hydrogen-bond donors (Lipinski definition) is 2. The van der Waals surface area contributed by atoms with E-state index in [0.717, 1.165) is 5.69 Å². The molecule has 0 bridgehead atoms. The molecule has 0 saturated heterocycles. The summed E-state index contributed by atoms with van der Waals surface area (Å²) >= 11 is 0. The fraction of sp³-hybridized carbons (Fsp3) is 0.308. The zero-order chi connectivity index (χ0) is 14.0. The normalized spacial score (nSPS) is 12.2. The Hall–Kier alpha value is -2.37. The molecule has 6 heteroatoms. The zero-order valence-corrected chi connectivity index (χ0v) is 11.0. The monoisotopic (exact) mass is 261 g/mol. The van der Waals surface area contributed by atoms with Gasteiger partial charge in [-0.25, -0.2) is 14.8 Å². The molecule has 0 saturated carbocycles. The van der Waals surface area contributed by atoms with Crippen LogP contribution in [0.2, 0.25) is 0 Å². The molecular weight excluding hydrogens is 246 g/mol. The molecule has 2 heterocycles. The molecule has 2 rings (SSSR count). The standard InChI is InChI=1S/C13H15N3O3/c1-7-4-5-10(13(17)18)11(15-7)16-9(3)12-14-6-8(2)19-12/h4-6,9H,1-3H3,(H,15,16)(H,17,18). The molecule has 6 nitrogen and oxygen atoms in total. The number of nitrogens with one attached hydrogen (secondary N) is 1. The van der Waals surface area contributed by atoms with E-state index in [4.69, 9.17) is 9.52 Å². The second-order valence-electron chi connectivity index (χ2n) is 4.33. The minimum atomic E-state index is -1.02. The highest BCUT2D eigenvalue weighted by molar-refractivity contribution is 5.93. The van der Waals surface area contributed by atoms with Gasteiger partial charge in [-0.15, -0.1) is 0 Å². The summed E-state index contributed by atoms with van der Waals surface area (Å²) < 4.78 is 5.40. The number of carboxylic acids is 1. The van der Waals surface area contributed by atoms with Crippen LogP contribution in [0, 0.1) is 13.8 Å². The van der Waals surface area contributed by atoms with E-state index in [9.17, 15) is 4.79 Å². The Labute approximate surface area is 110 Å². The molecule has 19 heavy (non-hydrogen) atoms. The molecule has 2 aromatic heterocycles. The van der Waals surface area contributed by atoms with Crippen LogP contribution in [0.4, 0.5) is 5.82 Å². The van der Waals surface area contributed by atoms with Crippen molar-refractivity contribution in [2.24, 2.45) is 0 Å². The molecule has 2 aromatic rings. The lowest BCUT2D eigenvalue weighted by molar-refractivity contribution is 0.0697. The Morgan fingerprint density at radius 1 is 1.42 bits per heavy atom. The second kappa shape index (κ2) is 5.09. The summed E-state index contributed by atoms with van der Waals surface area (Å²) in [7, 11) is 0. The van der Waals surface area contributed by atoms with Gasteiger partial charge in [0.1, 0.15) is 23.2 Å². The van der Waals surface area contributed by atoms with Gasteiger partial charge in [0.2, 0.25) is 5.89 Å². The number of aromatic carboxylic acids is 1. The molecule has 0 amide bonds. The molecular formula is C13H15N3O3. The molecule has 0 fully saturated rings. The van der Waals surface area contributed by atoms with Crippen molar-refractivity contribution in [2.75, 3.05) is 5.32 Å². The molecule has 0 aromatic carbocycles. The number of nitrogens with zero attached hydrogens (tertiary/aromatic N) is 2. The molecule has 1 atom stereocenters. The lowest BCUT2D eigenvalue weighted by atomic mass is 10.2. The highest BCUT2D eigenvalue weighted by atomic mass is 16.4. The minimum Gasteiger partial charge on any atom is -0.478 e. The maximum Gasteiger partial charge on any atom is 0.339 e. The van der Waals surface area contributed by atoms with E-state index in [-0.39, 0.29) is 11.6 Å². The summed E-state index contributed by atoms with van der Waals surface area (Å²) in [6, 6.07) is 2.93. The van der Waals surface area contributed by atoms with Crippen LogP contribution in [-0.4, -0.2) is 21.0 Å². The van der Waals surface area contributed by atoms with Gasteiger partial charge >= 0.3 is 5.97 Å². The Kier molecular flexibility index (Phi) is 3.50. The minimum absolute atomic E-state index is 0.126. The van der Waals surface area contributed by atoms with E-state index in [1.165, 1.54) is 6.07 Å². The maximum absolute atomic E-state index is 11.1. The third-order valence-corrected chi connectivity index (χ3v) is 2.63. The molecule has 0 aliphatic heterocycles. The number of oxazole rings is 1. The van der Waals surface area contributed by atoms with Crippen molar-refractivity contribution in [1.82, 2.24) is 9.97 Å². The highest BCUT2D eigenvalue weighted by Gasteiger charge is 2.17.